The van der Waals surface area contributed by atoms with Crippen LogP contribution in [0.4, 0.5) is 0 Å². The Morgan fingerprint density at radius 2 is 2.00 bits per heavy atom. The number of halogens is 1. The third kappa shape index (κ3) is 4.85. The largest absolute Gasteiger partial charge is 0.493 e. The van der Waals surface area contributed by atoms with E-state index in [0.717, 1.165) is 0 Å². The Morgan fingerprint density at radius 3 is 2.50 bits per heavy atom. The summed E-state index contributed by atoms with van der Waals surface area (Å²) >= 11 is 3.26. The molecule has 0 spiro atoms. The van der Waals surface area contributed by atoms with Gasteiger partial charge in [-0.1, -0.05) is 0 Å². The van der Waals surface area contributed by atoms with Crippen molar-refractivity contribution in [2.24, 2.45) is 0 Å². The van der Waals surface area contributed by atoms with Gasteiger partial charge < -0.3 is 14.8 Å². The number of rotatable bonds is 5. The quantitative estimate of drug-likeness (QED) is 0.834. The summed E-state index contributed by atoms with van der Waals surface area (Å²) in [5.74, 6) is 0.572. The van der Waals surface area contributed by atoms with Gasteiger partial charge in [0.15, 0.2) is 24.4 Å². The Kier molecular flexibility index (Phi) is 5.56. The van der Waals surface area contributed by atoms with E-state index in [4.69, 9.17) is 9.47 Å². The number of carbonyl (C=O) groups excluding carboxylic acids is 2. The molecule has 6 heteroatoms. The molecule has 0 aliphatic heterocycles. The van der Waals surface area contributed by atoms with Crippen molar-refractivity contribution in [3.63, 3.8) is 0 Å². The summed E-state index contributed by atoms with van der Waals surface area (Å²) in [4.78, 5) is 22.5. The molecule has 0 unspecified atom stereocenters. The molecule has 5 nitrogen and oxygen atoms in total. The lowest BCUT2D eigenvalue weighted by atomic mass is 10.1. The van der Waals surface area contributed by atoms with Crippen molar-refractivity contribution in [2.45, 2.75) is 26.3 Å². The van der Waals surface area contributed by atoms with Crippen LogP contribution in [-0.4, -0.2) is 31.4 Å². The summed E-state index contributed by atoms with van der Waals surface area (Å²) in [5, 5.41) is 2.79. The second-order valence-corrected chi connectivity index (χ2v) is 6.08. The molecule has 0 aromatic heterocycles. The second kappa shape index (κ2) is 6.74. The van der Waals surface area contributed by atoms with Crippen LogP contribution in [0.5, 0.6) is 11.5 Å². The normalized spacial score (nSPS) is 10.8. The van der Waals surface area contributed by atoms with E-state index >= 15 is 0 Å². The number of hydrogen-bond acceptors (Lipinski definition) is 4. The van der Waals surface area contributed by atoms with Crippen LogP contribution in [0.1, 0.15) is 31.1 Å². The number of ether oxygens (including phenoxy) is 2. The minimum atomic E-state index is -0.313. The van der Waals surface area contributed by atoms with Crippen LogP contribution in [0.2, 0.25) is 0 Å². The summed E-state index contributed by atoms with van der Waals surface area (Å²) in [6, 6.07) is 3.15. The predicted octanol–water partition coefficient (Wildman–Crippen LogP) is 2.56. The fourth-order valence-electron chi connectivity index (χ4n) is 1.51. The number of nitrogens with one attached hydrogen (secondary N) is 1. The zero-order chi connectivity index (χ0) is 15.3. The molecule has 1 amide bonds. The molecular weight excluding hydrogens is 326 g/mol. The van der Waals surface area contributed by atoms with Gasteiger partial charge in [0, 0.05) is 15.6 Å². The van der Waals surface area contributed by atoms with Crippen LogP contribution in [-0.2, 0) is 4.79 Å². The van der Waals surface area contributed by atoms with Gasteiger partial charge in [-0.15, -0.1) is 0 Å². The second-order valence-electron chi connectivity index (χ2n) is 5.23. The molecule has 0 saturated carbocycles. The van der Waals surface area contributed by atoms with E-state index in [9.17, 15) is 9.59 Å². The minimum Gasteiger partial charge on any atom is -0.493 e. The molecule has 1 rings (SSSR count). The van der Waals surface area contributed by atoms with E-state index in [1.165, 1.54) is 7.11 Å². The zero-order valence-electron chi connectivity index (χ0n) is 12.0. The average Bonchev–Trinajstić information content (AvgIpc) is 2.34. The molecule has 110 valence electrons. The molecule has 0 aliphatic rings. The highest BCUT2D eigenvalue weighted by atomic mass is 79.9. The number of benzene rings is 1. The third-order valence-corrected chi connectivity index (χ3v) is 2.97. The predicted molar refractivity (Wildman–Crippen MR) is 79.5 cm³/mol. The maximum absolute atomic E-state index is 11.7. The molecular formula is C14H18BrNO4. The number of carbonyl (C=O) groups is 2. The highest BCUT2D eigenvalue weighted by Crippen LogP contribution is 2.32. The Morgan fingerprint density at radius 1 is 1.35 bits per heavy atom. The highest BCUT2D eigenvalue weighted by molar-refractivity contribution is 9.10. The highest BCUT2D eigenvalue weighted by Gasteiger charge is 2.16. The zero-order valence-corrected chi connectivity index (χ0v) is 13.5. The van der Waals surface area contributed by atoms with Gasteiger partial charge in [-0.3, -0.25) is 9.59 Å². The first-order chi connectivity index (χ1) is 9.26. The van der Waals surface area contributed by atoms with Gasteiger partial charge in [-0.05, 0) is 48.8 Å². The summed E-state index contributed by atoms with van der Waals surface area (Å²) in [6.07, 6.45) is 0.711. The van der Waals surface area contributed by atoms with Crippen LogP contribution < -0.4 is 14.8 Å². The van der Waals surface area contributed by atoms with E-state index in [2.05, 4.69) is 21.2 Å². The van der Waals surface area contributed by atoms with Gasteiger partial charge in [0.25, 0.3) is 5.91 Å². The maximum atomic E-state index is 11.7. The first kappa shape index (κ1) is 16.5. The SMILES string of the molecule is COc1cc(C=O)c(Br)cc1OCC(=O)NC(C)(C)C. The standard InChI is InChI=1S/C14H18BrNO4/c1-14(2,3)16-13(18)8-20-12-6-10(15)9(7-17)5-11(12)19-4/h5-7H,8H2,1-4H3,(H,16,18). The van der Waals surface area contributed by atoms with Crippen molar-refractivity contribution in [3.8, 4) is 11.5 Å². The van der Waals surface area contributed by atoms with Crippen molar-refractivity contribution < 1.29 is 19.1 Å². The molecule has 0 aliphatic carbocycles. The monoisotopic (exact) mass is 343 g/mol. The molecule has 0 saturated heterocycles. The maximum Gasteiger partial charge on any atom is 0.258 e. The molecule has 0 atom stereocenters. The van der Waals surface area contributed by atoms with Gasteiger partial charge in [0.2, 0.25) is 0 Å². The molecule has 0 bridgehead atoms. The Hall–Kier alpha value is -1.56. The summed E-state index contributed by atoms with van der Waals surface area (Å²) in [5.41, 5.74) is 0.139. The average molecular weight is 344 g/mol. The molecule has 1 N–H and O–H groups in total. The molecule has 0 fully saturated rings. The first-order valence-corrected chi connectivity index (χ1v) is 6.82. The Labute approximate surface area is 126 Å². The van der Waals surface area contributed by atoms with Gasteiger partial charge in [-0.25, -0.2) is 0 Å². The van der Waals surface area contributed by atoms with Crippen molar-refractivity contribution >= 4 is 28.1 Å². The lowest BCUT2D eigenvalue weighted by Gasteiger charge is -2.20. The number of aldehydes is 1. The fraction of sp³-hybridized carbons (Fsp3) is 0.429. The smallest absolute Gasteiger partial charge is 0.258 e. The topological polar surface area (TPSA) is 64.6 Å². The van der Waals surface area contributed by atoms with Crippen molar-refractivity contribution in [3.05, 3.63) is 22.2 Å². The van der Waals surface area contributed by atoms with Crippen LogP contribution in [0.15, 0.2) is 16.6 Å². The number of methoxy groups -OCH3 is 1. The summed E-state index contributed by atoms with van der Waals surface area (Å²) in [7, 11) is 1.47. The van der Waals surface area contributed by atoms with E-state index in [0.29, 0.717) is 27.8 Å². The van der Waals surface area contributed by atoms with Crippen molar-refractivity contribution in [1.82, 2.24) is 5.32 Å². The first-order valence-electron chi connectivity index (χ1n) is 6.03. The molecule has 0 radical (unpaired) electrons. The lowest BCUT2D eigenvalue weighted by molar-refractivity contribution is -0.124. The molecule has 20 heavy (non-hydrogen) atoms. The van der Waals surface area contributed by atoms with E-state index in [-0.39, 0.29) is 18.1 Å². The number of amides is 1. The summed E-state index contributed by atoms with van der Waals surface area (Å²) < 4.78 is 11.2. The van der Waals surface area contributed by atoms with Crippen LogP contribution >= 0.6 is 15.9 Å². The van der Waals surface area contributed by atoms with E-state index < -0.39 is 0 Å². The van der Waals surface area contributed by atoms with Crippen molar-refractivity contribution in [1.29, 1.82) is 0 Å². The van der Waals surface area contributed by atoms with Crippen LogP contribution in [0.25, 0.3) is 0 Å². The number of hydrogen-bond donors (Lipinski definition) is 1. The Bertz CT molecular complexity index is 509. The van der Waals surface area contributed by atoms with Crippen molar-refractivity contribution in [2.75, 3.05) is 13.7 Å². The molecule has 1 aromatic rings. The van der Waals surface area contributed by atoms with Gasteiger partial charge in [0.1, 0.15) is 0 Å². The Balaban J connectivity index is 2.80. The van der Waals surface area contributed by atoms with E-state index in [1.54, 1.807) is 12.1 Å². The van der Waals surface area contributed by atoms with E-state index in [1.807, 2.05) is 20.8 Å². The lowest BCUT2D eigenvalue weighted by Crippen LogP contribution is -2.43. The van der Waals surface area contributed by atoms with Crippen LogP contribution in [0, 0.1) is 0 Å². The van der Waals surface area contributed by atoms with Gasteiger partial charge >= 0.3 is 0 Å². The van der Waals surface area contributed by atoms with Gasteiger partial charge in [-0.2, -0.15) is 0 Å². The van der Waals surface area contributed by atoms with Gasteiger partial charge in [0.05, 0.1) is 7.11 Å². The molecule has 0 heterocycles. The molecule has 1 aromatic carbocycles. The summed E-state index contributed by atoms with van der Waals surface area (Å²) in [6.45, 7) is 5.54. The fourth-order valence-corrected chi connectivity index (χ4v) is 1.93. The van der Waals surface area contributed by atoms with Crippen LogP contribution in [0.3, 0.4) is 0 Å². The minimum absolute atomic E-state index is 0.124. The third-order valence-electron chi connectivity index (χ3n) is 2.28.